The third-order valence-corrected chi connectivity index (χ3v) is 15.9. The molecule has 10 aromatic carbocycles. The van der Waals surface area contributed by atoms with Gasteiger partial charge in [0.05, 0.1) is 0 Å². The molecule has 12 rings (SSSR count). The highest BCUT2D eigenvalue weighted by atomic mass is 15.1. The molecule has 0 bridgehead atoms. The Hall–Kier alpha value is -8.72. The first kappa shape index (κ1) is 48.2. The highest BCUT2D eigenvalue weighted by molar-refractivity contribution is 5.89. The Morgan fingerprint density at radius 1 is 0.263 bits per heavy atom. The molecule has 2 nitrogen and oxygen atoms in total. The summed E-state index contributed by atoms with van der Waals surface area (Å²) in [4.78, 5) is 4.79. The summed E-state index contributed by atoms with van der Waals surface area (Å²) in [5, 5.41) is 0. The minimum atomic E-state index is -0.158. The van der Waals surface area contributed by atoms with Crippen LogP contribution in [-0.4, -0.2) is 0 Å². The first-order chi connectivity index (χ1) is 36.8. The van der Waals surface area contributed by atoms with Crippen molar-refractivity contribution < 1.29 is 0 Å². The lowest BCUT2D eigenvalue weighted by Gasteiger charge is -2.28. The molecule has 0 atom stereocenters. The van der Waals surface area contributed by atoms with Gasteiger partial charge in [-0.3, -0.25) is 0 Å². The van der Waals surface area contributed by atoms with E-state index >= 15 is 0 Å². The summed E-state index contributed by atoms with van der Waals surface area (Å²) in [6, 6.07) is 80.9. The maximum Gasteiger partial charge on any atom is 0.0466 e. The zero-order valence-corrected chi connectivity index (χ0v) is 45.0. The van der Waals surface area contributed by atoms with Gasteiger partial charge < -0.3 is 9.80 Å². The number of fused-ring (bicyclic) bond motifs is 6. The Balaban J connectivity index is 0.725. The van der Waals surface area contributed by atoms with Crippen molar-refractivity contribution in [2.24, 2.45) is 0 Å². The molecule has 0 unspecified atom stereocenters. The molecular formula is C74H64N2. The summed E-state index contributed by atoms with van der Waals surface area (Å²) < 4.78 is 0. The molecule has 370 valence electrons. The second-order valence-corrected chi connectivity index (χ2v) is 22.3. The second-order valence-electron chi connectivity index (χ2n) is 22.3. The van der Waals surface area contributed by atoms with Gasteiger partial charge in [-0.1, -0.05) is 198 Å². The van der Waals surface area contributed by atoms with E-state index in [2.05, 4.69) is 308 Å². The summed E-state index contributed by atoms with van der Waals surface area (Å²) in [6.07, 6.45) is 8.97. The number of hydrogen-bond donors (Lipinski definition) is 0. The molecule has 0 aromatic heterocycles. The SMILES string of the molecule is Cc1cc(C)cc(N(c2ccccc2)c2ccc3c(c2)C(C)(C)c2cc(/C=C/c4ccc(-c5ccc(/C=C/c6ccc7c(c6)C(C)(C)c6cc(N(c8ccccc8)c8cc(C)cc(C)c8)ccc6-7)cc5)cc4)ccc2-3)c1. The maximum absolute atomic E-state index is 2.42. The van der Waals surface area contributed by atoms with Crippen molar-refractivity contribution in [1.82, 2.24) is 0 Å². The number of benzene rings is 10. The van der Waals surface area contributed by atoms with Crippen molar-refractivity contribution in [2.45, 2.75) is 66.2 Å². The van der Waals surface area contributed by atoms with Crippen molar-refractivity contribution in [1.29, 1.82) is 0 Å². The van der Waals surface area contributed by atoms with Crippen LogP contribution in [0.3, 0.4) is 0 Å². The lowest BCUT2D eigenvalue weighted by Crippen LogP contribution is -2.16. The molecule has 0 aliphatic heterocycles. The number of aryl methyl sites for hydroxylation is 4. The van der Waals surface area contributed by atoms with Gasteiger partial charge in [0.15, 0.2) is 0 Å². The molecule has 10 aromatic rings. The Morgan fingerprint density at radius 3 is 0.921 bits per heavy atom. The smallest absolute Gasteiger partial charge is 0.0466 e. The normalized spacial score (nSPS) is 13.6. The molecule has 0 amide bonds. The lowest BCUT2D eigenvalue weighted by atomic mass is 9.81. The van der Waals surface area contributed by atoms with E-state index in [1.54, 1.807) is 0 Å². The summed E-state index contributed by atoms with van der Waals surface area (Å²) in [6.45, 7) is 18.2. The van der Waals surface area contributed by atoms with Crippen LogP contribution in [0.25, 0.3) is 57.7 Å². The fraction of sp³-hybridized carbons (Fsp3) is 0.135. The average Bonchev–Trinajstić information content (AvgIpc) is 3.78. The predicted octanol–water partition coefficient (Wildman–Crippen LogP) is 20.5. The quantitative estimate of drug-likeness (QED) is 0.119. The number of hydrogen-bond acceptors (Lipinski definition) is 2. The van der Waals surface area contributed by atoms with Crippen molar-refractivity contribution in [3.63, 3.8) is 0 Å². The predicted molar refractivity (Wildman–Crippen MR) is 326 cm³/mol. The zero-order valence-electron chi connectivity index (χ0n) is 45.0. The van der Waals surface area contributed by atoms with Crippen LogP contribution in [0.5, 0.6) is 0 Å². The average molecular weight is 981 g/mol. The minimum Gasteiger partial charge on any atom is -0.310 e. The molecular weight excluding hydrogens is 917 g/mol. The van der Waals surface area contributed by atoms with E-state index in [0.717, 1.165) is 11.4 Å². The third kappa shape index (κ3) is 8.98. The molecule has 0 fully saturated rings. The van der Waals surface area contributed by atoms with Gasteiger partial charge in [0.25, 0.3) is 0 Å². The van der Waals surface area contributed by atoms with Crippen LogP contribution >= 0.6 is 0 Å². The summed E-state index contributed by atoms with van der Waals surface area (Å²) >= 11 is 0. The highest BCUT2D eigenvalue weighted by Crippen LogP contribution is 2.53. The monoisotopic (exact) mass is 981 g/mol. The maximum atomic E-state index is 2.42. The summed E-state index contributed by atoms with van der Waals surface area (Å²) in [5.41, 5.74) is 29.6. The first-order valence-electron chi connectivity index (χ1n) is 26.8. The standard InChI is InChI=1S/C74H64N2/c1-49-39-50(2)42-63(41-49)75(59-15-11-9-12-16-59)61-33-37-67-65-35-27-55(45-69(65)73(5,6)71(67)47-61)21-19-53-23-29-57(30-24-53)58-31-25-54(26-32-58)20-22-56-28-36-66-68-38-34-62(48-72(68)74(7,8)70(66)46-56)76(60-17-13-10-14-18-60)64-43-51(3)40-52(4)44-64/h9-48H,1-8H3/b21-19+,22-20+. The molecule has 0 spiro atoms. The molecule has 2 aliphatic rings. The lowest BCUT2D eigenvalue weighted by molar-refractivity contribution is 0.660. The van der Waals surface area contributed by atoms with E-state index in [1.165, 1.54) is 123 Å². The summed E-state index contributed by atoms with van der Waals surface area (Å²) in [7, 11) is 0. The van der Waals surface area contributed by atoms with E-state index in [4.69, 9.17) is 0 Å². The number of para-hydroxylation sites is 2. The molecule has 2 aliphatic carbocycles. The summed E-state index contributed by atoms with van der Waals surface area (Å²) in [5.74, 6) is 0. The molecule has 76 heavy (non-hydrogen) atoms. The van der Waals surface area contributed by atoms with Gasteiger partial charge in [-0.25, -0.2) is 0 Å². The topological polar surface area (TPSA) is 6.48 Å². The van der Waals surface area contributed by atoms with E-state index in [9.17, 15) is 0 Å². The highest BCUT2D eigenvalue weighted by Gasteiger charge is 2.37. The van der Waals surface area contributed by atoms with Crippen LogP contribution in [0, 0.1) is 27.7 Å². The van der Waals surface area contributed by atoms with Crippen LogP contribution in [0.15, 0.2) is 218 Å². The van der Waals surface area contributed by atoms with Crippen LogP contribution in [0.4, 0.5) is 34.1 Å². The van der Waals surface area contributed by atoms with Gasteiger partial charge in [0.2, 0.25) is 0 Å². The van der Waals surface area contributed by atoms with Gasteiger partial charge in [-0.2, -0.15) is 0 Å². The van der Waals surface area contributed by atoms with E-state index in [-0.39, 0.29) is 10.8 Å². The molecule has 2 heteroatoms. The molecule has 0 radical (unpaired) electrons. The van der Waals surface area contributed by atoms with Crippen LogP contribution in [0.2, 0.25) is 0 Å². The second kappa shape index (κ2) is 19.2. The molecule has 0 saturated carbocycles. The number of nitrogens with zero attached hydrogens (tertiary/aromatic N) is 2. The first-order valence-corrected chi connectivity index (χ1v) is 26.8. The Kier molecular flexibility index (Phi) is 12.2. The van der Waals surface area contributed by atoms with Gasteiger partial charge in [-0.05, 0) is 201 Å². The van der Waals surface area contributed by atoms with Gasteiger partial charge in [0.1, 0.15) is 0 Å². The van der Waals surface area contributed by atoms with Gasteiger partial charge in [-0.15, -0.1) is 0 Å². The fourth-order valence-electron chi connectivity index (χ4n) is 12.1. The molecule has 0 N–H and O–H groups in total. The van der Waals surface area contributed by atoms with Gasteiger partial charge >= 0.3 is 0 Å². The molecule has 0 saturated heterocycles. The Bertz CT molecular complexity index is 3590. The number of anilines is 6. The van der Waals surface area contributed by atoms with E-state index < -0.39 is 0 Å². The molecule has 0 heterocycles. The fourth-order valence-corrected chi connectivity index (χ4v) is 12.1. The van der Waals surface area contributed by atoms with Crippen molar-refractivity contribution in [2.75, 3.05) is 9.80 Å². The van der Waals surface area contributed by atoms with Crippen molar-refractivity contribution in [3.8, 4) is 33.4 Å². The Labute approximate surface area is 450 Å². The van der Waals surface area contributed by atoms with Crippen LogP contribution in [-0.2, 0) is 10.8 Å². The number of rotatable bonds is 11. The van der Waals surface area contributed by atoms with Gasteiger partial charge in [0, 0.05) is 45.0 Å². The van der Waals surface area contributed by atoms with Crippen LogP contribution in [0.1, 0.15) is 94.5 Å². The Morgan fingerprint density at radius 2 is 0.566 bits per heavy atom. The largest absolute Gasteiger partial charge is 0.310 e. The van der Waals surface area contributed by atoms with Crippen molar-refractivity contribution in [3.05, 3.63) is 285 Å². The van der Waals surface area contributed by atoms with E-state index in [0.29, 0.717) is 0 Å². The third-order valence-electron chi connectivity index (χ3n) is 15.9. The minimum absolute atomic E-state index is 0.158. The van der Waals surface area contributed by atoms with Crippen LogP contribution < -0.4 is 9.80 Å². The van der Waals surface area contributed by atoms with E-state index in [1.807, 2.05) is 0 Å². The zero-order chi connectivity index (χ0) is 52.3. The van der Waals surface area contributed by atoms with Crippen molar-refractivity contribution >= 4 is 58.4 Å².